The first-order valence-corrected chi connectivity index (χ1v) is 5.89. The lowest BCUT2D eigenvalue weighted by molar-refractivity contribution is 0.0947. The third-order valence-corrected chi connectivity index (χ3v) is 2.90. The minimum Gasteiger partial charge on any atom is -0.351 e. The lowest BCUT2D eigenvalue weighted by Crippen LogP contribution is -2.31. The zero-order valence-electron chi connectivity index (χ0n) is 9.58. The Kier molecular flexibility index (Phi) is 4.03. The predicted molar refractivity (Wildman–Crippen MR) is 62.2 cm³/mol. The van der Waals surface area contributed by atoms with Gasteiger partial charge in [-0.05, 0) is 37.9 Å². The summed E-state index contributed by atoms with van der Waals surface area (Å²) < 4.78 is 12.6. The fourth-order valence-corrected chi connectivity index (χ4v) is 1.96. The van der Waals surface area contributed by atoms with Gasteiger partial charge in [-0.1, -0.05) is 0 Å². The van der Waals surface area contributed by atoms with E-state index in [0.717, 1.165) is 19.2 Å². The van der Waals surface area contributed by atoms with Gasteiger partial charge in [0, 0.05) is 12.6 Å². The molecule has 2 N–H and O–H groups in total. The second-order valence-corrected chi connectivity index (χ2v) is 4.20. The van der Waals surface area contributed by atoms with E-state index in [1.807, 2.05) is 0 Å². The largest absolute Gasteiger partial charge is 0.351 e. The lowest BCUT2D eigenvalue weighted by Gasteiger charge is -2.10. The van der Waals surface area contributed by atoms with Crippen molar-refractivity contribution in [2.45, 2.75) is 25.3 Å². The highest BCUT2D eigenvalue weighted by Crippen LogP contribution is 2.07. The Bertz CT molecular complexity index is 374. The van der Waals surface area contributed by atoms with E-state index >= 15 is 0 Å². The molecular formula is C12H16FN3O. The van der Waals surface area contributed by atoms with E-state index in [1.165, 1.54) is 25.0 Å². The summed E-state index contributed by atoms with van der Waals surface area (Å²) >= 11 is 0. The van der Waals surface area contributed by atoms with Gasteiger partial charge in [0.2, 0.25) is 0 Å². The molecule has 2 rings (SSSR count). The Morgan fingerprint density at radius 1 is 1.59 bits per heavy atom. The van der Waals surface area contributed by atoms with Gasteiger partial charge in [-0.25, -0.2) is 9.37 Å². The molecule has 1 fully saturated rings. The van der Waals surface area contributed by atoms with Crippen molar-refractivity contribution in [3.8, 4) is 0 Å². The van der Waals surface area contributed by atoms with Gasteiger partial charge in [0.25, 0.3) is 5.91 Å². The van der Waals surface area contributed by atoms with E-state index in [4.69, 9.17) is 0 Å². The molecule has 92 valence electrons. The van der Waals surface area contributed by atoms with Crippen molar-refractivity contribution >= 4 is 5.91 Å². The molecule has 1 saturated heterocycles. The summed E-state index contributed by atoms with van der Waals surface area (Å²) in [5, 5.41) is 6.14. The minimum absolute atomic E-state index is 0.247. The van der Waals surface area contributed by atoms with Crippen molar-refractivity contribution < 1.29 is 9.18 Å². The quantitative estimate of drug-likeness (QED) is 0.824. The molecule has 1 aliphatic heterocycles. The number of hydrogen-bond acceptors (Lipinski definition) is 3. The molecule has 1 aliphatic rings. The maximum atomic E-state index is 12.6. The van der Waals surface area contributed by atoms with Gasteiger partial charge >= 0.3 is 0 Å². The second-order valence-electron chi connectivity index (χ2n) is 4.20. The predicted octanol–water partition coefficient (Wildman–Crippen LogP) is 1.09. The van der Waals surface area contributed by atoms with Gasteiger partial charge in [0.1, 0.15) is 11.5 Å². The maximum Gasteiger partial charge on any atom is 0.269 e. The van der Waals surface area contributed by atoms with Crippen LogP contribution in [0.5, 0.6) is 0 Å². The van der Waals surface area contributed by atoms with E-state index in [0.29, 0.717) is 12.6 Å². The Hall–Kier alpha value is -1.49. The van der Waals surface area contributed by atoms with Crippen molar-refractivity contribution in [2.75, 3.05) is 13.1 Å². The van der Waals surface area contributed by atoms with Gasteiger partial charge in [0.15, 0.2) is 0 Å². The highest BCUT2D eigenvalue weighted by molar-refractivity contribution is 5.92. The highest BCUT2D eigenvalue weighted by Gasteiger charge is 2.14. The first-order valence-electron chi connectivity index (χ1n) is 5.89. The monoisotopic (exact) mass is 237 g/mol. The van der Waals surface area contributed by atoms with Gasteiger partial charge in [0.05, 0.1) is 6.20 Å². The molecule has 1 amide bonds. The summed E-state index contributed by atoms with van der Waals surface area (Å²) in [6.45, 7) is 1.69. The number of rotatable bonds is 4. The van der Waals surface area contributed by atoms with Crippen LogP contribution >= 0.6 is 0 Å². The molecule has 0 radical (unpaired) electrons. The van der Waals surface area contributed by atoms with Gasteiger partial charge in [-0.3, -0.25) is 4.79 Å². The standard InChI is InChI=1S/C12H16FN3O/c13-9-3-4-11(16-8-9)12(17)15-7-5-10-2-1-6-14-10/h3-4,8,10,14H,1-2,5-7H2,(H,15,17)/t10-/m0/s1. The summed E-state index contributed by atoms with van der Waals surface area (Å²) in [4.78, 5) is 15.3. The van der Waals surface area contributed by atoms with Crippen LogP contribution in [0.15, 0.2) is 18.3 Å². The molecule has 1 aromatic rings. The van der Waals surface area contributed by atoms with Crippen LogP contribution in [0.4, 0.5) is 4.39 Å². The zero-order chi connectivity index (χ0) is 12.1. The smallest absolute Gasteiger partial charge is 0.269 e. The summed E-state index contributed by atoms with van der Waals surface area (Å²) in [6, 6.07) is 3.13. The summed E-state index contributed by atoms with van der Waals surface area (Å²) in [6.07, 6.45) is 4.35. The number of amides is 1. The number of nitrogens with zero attached hydrogens (tertiary/aromatic N) is 1. The number of carbonyl (C=O) groups is 1. The van der Waals surface area contributed by atoms with E-state index in [9.17, 15) is 9.18 Å². The third-order valence-electron chi connectivity index (χ3n) is 2.90. The average Bonchev–Trinajstić information content (AvgIpc) is 2.83. The van der Waals surface area contributed by atoms with Crippen LogP contribution in [-0.2, 0) is 0 Å². The molecule has 0 aromatic carbocycles. The van der Waals surface area contributed by atoms with Crippen molar-refractivity contribution in [1.82, 2.24) is 15.6 Å². The molecule has 1 atom stereocenters. The van der Waals surface area contributed by atoms with E-state index in [-0.39, 0.29) is 11.6 Å². The zero-order valence-corrected chi connectivity index (χ0v) is 9.58. The fraction of sp³-hybridized carbons (Fsp3) is 0.500. The van der Waals surface area contributed by atoms with E-state index in [1.54, 1.807) is 0 Å². The van der Waals surface area contributed by atoms with Crippen LogP contribution in [-0.4, -0.2) is 30.0 Å². The van der Waals surface area contributed by atoms with Crippen LogP contribution in [0, 0.1) is 5.82 Å². The molecule has 0 unspecified atom stereocenters. The lowest BCUT2D eigenvalue weighted by atomic mass is 10.1. The molecular weight excluding hydrogens is 221 g/mol. The summed E-state index contributed by atoms with van der Waals surface area (Å²) in [5.74, 6) is -0.681. The van der Waals surface area contributed by atoms with Crippen molar-refractivity contribution in [2.24, 2.45) is 0 Å². The number of hydrogen-bond donors (Lipinski definition) is 2. The van der Waals surface area contributed by atoms with Crippen LogP contribution < -0.4 is 10.6 Å². The Morgan fingerprint density at radius 2 is 2.47 bits per heavy atom. The summed E-state index contributed by atoms with van der Waals surface area (Å²) in [7, 11) is 0. The Morgan fingerprint density at radius 3 is 3.12 bits per heavy atom. The van der Waals surface area contributed by atoms with Crippen molar-refractivity contribution in [1.29, 1.82) is 0 Å². The topological polar surface area (TPSA) is 54.0 Å². The molecule has 0 bridgehead atoms. The van der Waals surface area contributed by atoms with E-state index < -0.39 is 5.82 Å². The van der Waals surface area contributed by atoms with Crippen molar-refractivity contribution in [3.63, 3.8) is 0 Å². The number of aromatic nitrogens is 1. The average molecular weight is 237 g/mol. The molecule has 0 saturated carbocycles. The Balaban J connectivity index is 1.75. The van der Waals surface area contributed by atoms with Crippen LogP contribution in [0.3, 0.4) is 0 Å². The highest BCUT2D eigenvalue weighted by atomic mass is 19.1. The van der Waals surface area contributed by atoms with Crippen molar-refractivity contribution in [3.05, 3.63) is 29.8 Å². The van der Waals surface area contributed by atoms with Gasteiger partial charge in [-0.2, -0.15) is 0 Å². The number of carbonyl (C=O) groups excluding carboxylic acids is 1. The molecule has 0 aliphatic carbocycles. The first-order chi connectivity index (χ1) is 8.25. The maximum absolute atomic E-state index is 12.6. The van der Waals surface area contributed by atoms with Gasteiger partial charge in [-0.15, -0.1) is 0 Å². The number of nitrogens with one attached hydrogen (secondary N) is 2. The molecule has 1 aromatic heterocycles. The number of pyridine rings is 1. The second kappa shape index (κ2) is 5.72. The normalized spacial score (nSPS) is 19.2. The van der Waals surface area contributed by atoms with Gasteiger partial charge < -0.3 is 10.6 Å². The SMILES string of the molecule is O=C(NCC[C@@H]1CCCN1)c1ccc(F)cn1. The van der Waals surface area contributed by atoms with Crippen LogP contribution in [0.2, 0.25) is 0 Å². The molecule has 5 heteroatoms. The summed E-state index contributed by atoms with van der Waals surface area (Å²) in [5.41, 5.74) is 0.255. The molecule has 17 heavy (non-hydrogen) atoms. The third kappa shape index (κ3) is 3.49. The minimum atomic E-state index is -0.434. The molecule has 2 heterocycles. The van der Waals surface area contributed by atoms with Crippen LogP contribution in [0.25, 0.3) is 0 Å². The fourth-order valence-electron chi connectivity index (χ4n) is 1.96. The van der Waals surface area contributed by atoms with E-state index in [2.05, 4.69) is 15.6 Å². The molecule has 0 spiro atoms. The first kappa shape index (κ1) is 12.0. The molecule has 4 nitrogen and oxygen atoms in total. The number of halogens is 1. The Labute approximate surface area is 99.6 Å². The van der Waals surface area contributed by atoms with Crippen LogP contribution in [0.1, 0.15) is 29.8 Å².